The van der Waals surface area contributed by atoms with Gasteiger partial charge in [-0.2, -0.15) is 9.30 Å². The Kier molecular flexibility index (Phi) is 7.40. The Labute approximate surface area is 197 Å². The normalized spacial score (nSPS) is 15.9. The fraction of sp³-hybridized carbons (Fsp3) is 0.391. The van der Waals surface area contributed by atoms with Gasteiger partial charge in [-0.15, -0.1) is 0 Å². The molecule has 0 spiro atoms. The van der Waals surface area contributed by atoms with Crippen molar-refractivity contribution in [2.45, 2.75) is 25.3 Å². The highest BCUT2D eigenvalue weighted by atomic mass is 32.2. The minimum absolute atomic E-state index is 0.157. The van der Waals surface area contributed by atoms with Gasteiger partial charge in [0.05, 0.1) is 34.9 Å². The first kappa shape index (κ1) is 23.8. The third-order valence-corrected chi connectivity index (χ3v) is 8.36. The van der Waals surface area contributed by atoms with E-state index in [2.05, 4.69) is 11.1 Å². The summed E-state index contributed by atoms with van der Waals surface area (Å²) in [4.78, 5) is 18.0. The predicted octanol–water partition coefficient (Wildman–Crippen LogP) is 2.81. The first-order chi connectivity index (χ1) is 15.9. The highest BCUT2D eigenvalue weighted by molar-refractivity contribution is 7.89. The fourth-order valence-corrected chi connectivity index (χ4v) is 6.20. The van der Waals surface area contributed by atoms with Crippen LogP contribution in [0.25, 0.3) is 10.2 Å². The maximum Gasteiger partial charge on any atom is 0.279 e. The molecule has 1 aliphatic rings. The molecule has 0 saturated carbocycles. The van der Waals surface area contributed by atoms with Crippen LogP contribution in [0.1, 0.15) is 22.8 Å². The SMILES string of the molecule is CCOCCn1c(=NC(=O)c2ccc(S(=O)(=O)N3CCOCC3)cc2)sc2cc(C)ccc21. The number of benzene rings is 2. The van der Waals surface area contributed by atoms with Crippen LogP contribution in [0.5, 0.6) is 0 Å². The van der Waals surface area contributed by atoms with E-state index in [1.165, 1.54) is 39.9 Å². The summed E-state index contributed by atoms with van der Waals surface area (Å²) < 4.78 is 40.8. The minimum Gasteiger partial charge on any atom is -0.380 e. The first-order valence-corrected chi connectivity index (χ1v) is 13.1. The lowest BCUT2D eigenvalue weighted by molar-refractivity contribution is 0.0730. The van der Waals surface area contributed by atoms with Crippen molar-refractivity contribution >= 4 is 37.5 Å². The van der Waals surface area contributed by atoms with Crippen molar-refractivity contribution in [3.05, 3.63) is 58.4 Å². The summed E-state index contributed by atoms with van der Waals surface area (Å²) in [6.45, 7) is 7.10. The largest absolute Gasteiger partial charge is 0.380 e. The van der Waals surface area contributed by atoms with Crippen molar-refractivity contribution in [3.8, 4) is 0 Å². The number of hydrogen-bond donors (Lipinski definition) is 0. The summed E-state index contributed by atoms with van der Waals surface area (Å²) in [7, 11) is -3.61. The van der Waals surface area contributed by atoms with Crippen LogP contribution in [-0.2, 0) is 26.0 Å². The smallest absolute Gasteiger partial charge is 0.279 e. The minimum atomic E-state index is -3.61. The fourth-order valence-electron chi connectivity index (χ4n) is 3.64. The molecule has 176 valence electrons. The van der Waals surface area contributed by atoms with E-state index in [1.54, 1.807) is 0 Å². The molecule has 0 N–H and O–H groups in total. The molecule has 1 saturated heterocycles. The molecule has 1 amide bonds. The number of amides is 1. The number of hydrogen-bond acceptors (Lipinski definition) is 6. The Balaban J connectivity index is 1.63. The van der Waals surface area contributed by atoms with E-state index in [4.69, 9.17) is 9.47 Å². The van der Waals surface area contributed by atoms with Gasteiger partial charge in [0.15, 0.2) is 4.80 Å². The lowest BCUT2D eigenvalue weighted by Gasteiger charge is -2.26. The van der Waals surface area contributed by atoms with E-state index >= 15 is 0 Å². The van der Waals surface area contributed by atoms with Crippen molar-refractivity contribution in [1.29, 1.82) is 0 Å². The van der Waals surface area contributed by atoms with Crippen LogP contribution in [0, 0.1) is 6.92 Å². The van der Waals surface area contributed by atoms with Gasteiger partial charge in [-0.05, 0) is 55.8 Å². The van der Waals surface area contributed by atoms with Gasteiger partial charge in [-0.3, -0.25) is 4.79 Å². The summed E-state index contributed by atoms with van der Waals surface area (Å²) in [6.07, 6.45) is 0. The number of morpholine rings is 1. The Hall–Kier alpha value is -2.37. The van der Waals surface area contributed by atoms with Crippen molar-refractivity contribution in [3.63, 3.8) is 0 Å². The molecule has 8 nitrogen and oxygen atoms in total. The standard InChI is InChI=1S/C23H27N3O5S2/c1-3-30-15-12-26-20-9-4-17(2)16-21(20)32-23(26)24-22(27)18-5-7-19(8-6-18)33(28,29)25-10-13-31-14-11-25/h4-9,16H,3,10-15H2,1-2H3. The molecular formula is C23H27N3O5S2. The number of aryl methyl sites for hydroxylation is 1. The van der Waals surface area contributed by atoms with Gasteiger partial charge in [-0.25, -0.2) is 8.42 Å². The van der Waals surface area contributed by atoms with Gasteiger partial charge in [0.2, 0.25) is 10.0 Å². The second-order valence-electron chi connectivity index (χ2n) is 7.66. The van der Waals surface area contributed by atoms with Crippen LogP contribution in [0.4, 0.5) is 0 Å². The zero-order valence-corrected chi connectivity index (χ0v) is 20.3. The van der Waals surface area contributed by atoms with Crippen molar-refractivity contribution < 1.29 is 22.7 Å². The third-order valence-electron chi connectivity index (χ3n) is 5.41. The summed E-state index contributed by atoms with van der Waals surface area (Å²) >= 11 is 1.45. The molecule has 4 rings (SSSR count). The van der Waals surface area contributed by atoms with Gasteiger partial charge < -0.3 is 14.0 Å². The molecule has 10 heteroatoms. The number of carbonyl (C=O) groups excluding carboxylic acids is 1. The van der Waals surface area contributed by atoms with E-state index in [0.29, 0.717) is 56.4 Å². The second-order valence-corrected chi connectivity index (χ2v) is 10.6. The topological polar surface area (TPSA) is 90.2 Å². The summed E-state index contributed by atoms with van der Waals surface area (Å²) in [5.74, 6) is -0.418. The predicted molar refractivity (Wildman–Crippen MR) is 127 cm³/mol. The average molecular weight is 490 g/mol. The lowest BCUT2D eigenvalue weighted by atomic mass is 10.2. The maximum atomic E-state index is 12.9. The summed E-state index contributed by atoms with van der Waals surface area (Å²) in [6, 6.07) is 12.1. The summed E-state index contributed by atoms with van der Waals surface area (Å²) in [5.41, 5.74) is 2.47. The molecule has 2 aromatic carbocycles. The quantitative estimate of drug-likeness (QED) is 0.476. The van der Waals surface area contributed by atoms with Gasteiger partial charge in [0.25, 0.3) is 5.91 Å². The Morgan fingerprint density at radius 3 is 2.58 bits per heavy atom. The molecule has 2 heterocycles. The number of nitrogens with zero attached hydrogens (tertiary/aromatic N) is 3. The summed E-state index contributed by atoms with van der Waals surface area (Å²) in [5, 5.41) is 0. The van der Waals surface area contributed by atoms with Crippen LogP contribution in [0.3, 0.4) is 0 Å². The van der Waals surface area contributed by atoms with Crippen molar-refractivity contribution in [2.75, 3.05) is 39.5 Å². The Morgan fingerprint density at radius 1 is 1.15 bits per heavy atom. The first-order valence-electron chi connectivity index (χ1n) is 10.8. The molecule has 1 aliphatic heterocycles. The van der Waals surface area contributed by atoms with Gasteiger partial charge >= 0.3 is 0 Å². The molecule has 3 aromatic rings. The second kappa shape index (κ2) is 10.3. The van der Waals surface area contributed by atoms with Gasteiger partial charge in [0, 0.05) is 31.8 Å². The molecule has 33 heavy (non-hydrogen) atoms. The van der Waals surface area contributed by atoms with Crippen LogP contribution in [-0.4, -0.2) is 62.7 Å². The van der Waals surface area contributed by atoms with Crippen molar-refractivity contribution in [1.82, 2.24) is 8.87 Å². The zero-order valence-electron chi connectivity index (χ0n) is 18.7. The third kappa shape index (κ3) is 5.25. The molecule has 0 radical (unpaired) electrons. The molecule has 0 atom stereocenters. The Morgan fingerprint density at radius 2 is 1.88 bits per heavy atom. The van der Waals surface area contributed by atoms with Crippen LogP contribution in [0.15, 0.2) is 52.4 Å². The number of aromatic nitrogens is 1. The van der Waals surface area contributed by atoms with E-state index in [9.17, 15) is 13.2 Å². The van der Waals surface area contributed by atoms with Gasteiger partial charge in [0.1, 0.15) is 0 Å². The van der Waals surface area contributed by atoms with Crippen molar-refractivity contribution in [2.24, 2.45) is 4.99 Å². The van der Waals surface area contributed by atoms with E-state index in [0.717, 1.165) is 15.8 Å². The molecule has 0 unspecified atom stereocenters. The molecular weight excluding hydrogens is 462 g/mol. The monoisotopic (exact) mass is 489 g/mol. The van der Waals surface area contributed by atoms with Crippen LogP contribution < -0.4 is 4.80 Å². The number of thiazole rings is 1. The highest BCUT2D eigenvalue weighted by Crippen LogP contribution is 2.20. The van der Waals surface area contributed by atoms with Gasteiger partial charge in [-0.1, -0.05) is 17.4 Å². The molecule has 1 fully saturated rings. The van der Waals surface area contributed by atoms with E-state index in [-0.39, 0.29) is 4.90 Å². The van der Waals surface area contributed by atoms with Crippen LogP contribution in [0.2, 0.25) is 0 Å². The number of sulfonamides is 1. The average Bonchev–Trinajstić information content (AvgIpc) is 3.15. The molecule has 0 aliphatic carbocycles. The number of fused-ring (bicyclic) bond motifs is 1. The van der Waals surface area contributed by atoms with E-state index in [1.807, 2.05) is 30.5 Å². The lowest BCUT2D eigenvalue weighted by Crippen LogP contribution is -2.40. The van der Waals surface area contributed by atoms with E-state index < -0.39 is 15.9 Å². The number of carbonyl (C=O) groups is 1. The zero-order chi connectivity index (χ0) is 23.4. The number of ether oxygens (including phenoxy) is 2. The van der Waals surface area contributed by atoms with Crippen LogP contribution >= 0.6 is 11.3 Å². The number of rotatable bonds is 7. The maximum absolute atomic E-state index is 12.9. The molecule has 1 aromatic heterocycles. The molecule has 0 bridgehead atoms. The highest BCUT2D eigenvalue weighted by Gasteiger charge is 2.26. The Bertz CT molecular complexity index is 1300.